The number of nitrogens with one attached hydrogen (secondary N) is 1. The first kappa shape index (κ1) is 17.3. The Kier molecular flexibility index (Phi) is 4.21. The number of aromatic nitrogens is 1. The van der Waals surface area contributed by atoms with Gasteiger partial charge in [0.25, 0.3) is 0 Å². The molecule has 0 saturated heterocycles. The van der Waals surface area contributed by atoms with Crippen molar-refractivity contribution in [3.63, 3.8) is 0 Å². The predicted molar refractivity (Wildman–Crippen MR) is 99.6 cm³/mol. The molecular formula is C19H16N2O5S. The smallest absolute Gasteiger partial charge is 0.419 e. The van der Waals surface area contributed by atoms with E-state index in [-0.39, 0.29) is 11.4 Å². The number of hydrogen-bond donors (Lipinski definition) is 1. The molecule has 138 valence electrons. The van der Waals surface area contributed by atoms with Gasteiger partial charge in [0.2, 0.25) is 10.0 Å². The van der Waals surface area contributed by atoms with Crippen molar-refractivity contribution in [2.75, 3.05) is 0 Å². The molecule has 2 aromatic carbocycles. The summed E-state index contributed by atoms with van der Waals surface area (Å²) in [6.45, 7) is 0.149. The minimum atomic E-state index is -3.73. The van der Waals surface area contributed by atoms with Crippen LogP contribution in [0, 0.1) is 0 Å². The van der Waals surface area contributed by atoms with Crippen LogP contribution in [-0.2, 0) is 23.6 Å². The van der Waals surface area contributed by atoms with Crippen molar-refractivity contribution in [3.05, 3.63) is 77.2 Å². The first-order valence-electron chi connectivity index (χ1n) is 8.15. The fourth-order valence-electron chi connectivity index (χ4n) is 2.78. The fourth-order valence-corrected chi connectivity index (χ4v) is 3.82. The van der Waals surface area contributed by atoms with E-state index < -0.39 is 15.8 Å². The van der Waals surface area contributed by atoms with E-state index in [2.05, 4.69) is 4.72 Å². The van der Waals surface area contributed by atoms with Crippen LogP contribution < -0.4 is 10.5 Å². The van der Waals surface area contributed by atoms with Crippen molar-refractivity contribution in [3.8, 4) is 11.1 Å². The van der Waals surface area contributed by atoms with Gasteiger partial charge in [0.05, 0.1) is 22.9 Å². The molecule has 0 fully saturated rings. The normalized spacial score (nSPS) is 11.9. The summed E-state index contributed by atoms with van der Waals surface area (Å²) in [5.41, 5.74) is 3.54. The first-order chi connectivity index (χ1) is 12.9. The van der Waals surface area contributed by atoms with Crippen molar-refractivity contribution in [2.45, 2.75) is 11.4 Å². The highest BCUT2D eigenvalue weighted by atomic mass is 32.2. The number of aryl methyl sites for hydroxylation is 1. The summed E-state index contributed by atoms with van der Waals surface area (Å²) in [7, 11) is -2.21. The number of nitrogens with zero attached hydrogens (tertiary/aromatic N) is 1. The van der Waals surface area contributed by atoms with Crippen molar-refractivity contribution in [1.29, 1.82) is 0 Å². The zero-order valence-corrected chi connectivity index (χ0v) is 15.2. The summed E-state index contributed by atoms with van der Waals surface area (Å²) in [6, 6.07) is 13.7. The highest BCUT2D eigenvalue weighted by molar-refractivity contribution is 7.89. The lowest BCUT2D eigenvalue weighted by Crippen LogP contribution is -2.23. The van der Waals surface area contributed by atoms with E-state index in [1.165, 1.54) is 29.8 Å². The molecule has 0 unspecified atom stereocenters. The fraction of sp³-hybridized carbons (Fsp3) is 0.105. The van der Waals surface area contributed by atoms with E-state index in [0.717, 1.165) is 16.7 Å². The summed E-state index contributed by atoms with van der Waals surface area (Å²) in [5, 5.41) is 0. The van der Waals surface area contributed by atoms with E-state index >= 15 is 0 Å². The minimum Gasteiger partial charge on any atom is -0.472 e. The predicted octanol–water partition coefficient (Wildman–Crippen LogP) is 2.87. The van der Waals surface area contributed by atoms with Crippen LogP contribution in [0.3, 0.4) is 0 Å². The van der Waals surface area contributed by atoms with Crippen molar-refractivity contribution in [1.82, 2.24) is 9.29 Å². The van der Waals surface area contributed by atoms with Gasteiger partial charge in [-0.25, -0.2) is 17.9 Å². The molecule has 0 saturated carbocycles. The molecule has 0 radical (unpaired) electrons. The molecule has 0 aliphatic heterocycles. The maximum atomic E-state index is 12.6. The lowest BCUT2D eigenvalue weighted by molar-refractivity contribution is 0.528. The van der Waals surface area contributed by atoms with E-state index in [1.54, 1.807) is 12.5 Å². The monoisotopic (exact) mass is 384 g/mol. The number of fused-ring (bicyclic) bond motifs is 1. The molecular weight excluding hydrogens is 368 g/mol. The second-order valence-electron chi connectivity index (χ2n) is 6.09. The second kappa shape index (κ2) is 6.57. The molecule has 27 heavy (non-hydrogen) atoms. The third kappa shape index (κ3) is 3.32. The zero-order chi connectivity index (χ0) is 19.0. The van der Waals surface area contributed by atoms with E-state index in [9.17, 15) is 13.2 Å². The van der Waals surface area contributed by atoms with Crippen molar-refractivity contribution in [2.24, 2.45) is 7.05 Å². The number of benzene rings is 2. The Morgan fingerprint density at radius 3 is 2.52 bits per heavy atom. The minimum absolute atomic E-state index is 0.0708. The summed E-state index contributed by atoms with van der Waals surface area (Å²) in [5.74, 6) is -0.537. The van der Waals surface area contributed by atoms with E-state index in [0.29, 0.717) is 11.1 Å². The summed E-state index contributed by atoms with van der Waals surface area (Å²) < 4.78 is 39.1. The Balaban J connectivity index is 1.53. The molecule has 4 aromatic rings. The zero-order valence-electron chi connectivity index (χ0n) is 14.4. The van der Waals surface area contributed by atoms with Gasteiger partial charge in [-0.05, 0) is 35.4 Å². The van der Waals surface area contributed by atoms with Gasteiger partial charge in [0, 0.05) is 19.2 Å². The number of furan rings is 1. The van der Waals surface area contributed by atoms with Gasteiger partial charge in [-0.3, -0.25) is 4.57 Å². The van der Waals surface area contributed by atoms with Gasteiger partial charge >= 0.3 is 5.76 Å². The molecule has 0 amide bonds. The molecule has 0 aliphatic rings. The molecule has 7 nitrogen and oxygen atoms in total. The van der Waals surface area contributed by atoms with E-state index in [4.69, 9.17) is 8.83 Å². The van der Waals surface area contributed by atoms with Crippen LogP contribution in [0.1, 0.15) is 5.56 Å². The Labute approximate surface area is 154 Å². The molecule has 1 N–H and O–H groups in total. The highest BCUT2D eigenvalue weighted by Gasteiger charge is 2.16. The van der Waals surface area contributed by atoms with Crippen LogP contribution in [0.5, 0.6) is 0 Å². The first-order valence-corrected chi connectivity index (χ1v) is 9.63. The number of rotatable bonds is 5. The third-order valence-corrected chi connectivity index (χ3v) is 5.75. The standard InChI is InChI=1S/C19H16N2O5S/c1-21-17-10-16(6-7-18(17)26-19(21)22)27(23,24)20-11-13-2-4-14(5-3-13)15-8-9-25-12-15/h2-10,12,20H,11H2,1H3. The van der Waals surface area contributed by atoms with Crippen LogP contribution in [-0.4, -0.2) is 13.0 Å². The molecule has 0 aliphatic carbocycles. The third-order valence-electron chi connectivity index (χ3n) is 4.35. The summed E-state index contributed by atoms with van der Waals surface area (Å²) in [6.07, 6.45) is 3.25. The van der Waals surface area contributed by atoms with Gasteiger partial charge < -0.3 is 8.83 Å². The number of hydrogen-bond acceptors (Lipinski definition) is 5. The van der Waals surface area contributed by atoms with Crippen molar-refractivity contribution < 1.29 is 17.3 Å². The van der Waals surface area contributed by atoms with Gasteiger partial charge in [-0.1, -0.05) is 24.3 Å². The van der Waals surface area contributed by atoms with E-state index in [1.807, 2.05) is 30.3 Å². The van der Waals surface area contributed by atoms with Gasteiger partial charge in [0.1, 0.15) is 0 Å². The maximum absolute atomic E-state index is 12.6. The van der Waals surface area contributed by atoms with Crippen LogP contribution in [0.4, 0.5) is 0 Å². The lowest BCUT2D eigenvalue weighted by Gasteiger charge is -2.08. The maximum Gasteiger partial charge on any atom is 0.419 e. The van der Waals surface area contributed by atoms with Gasteiger partial charge in [-0.15, -0.1) is 0 Å². The highest BCUT2D eigenvalue weighted by Crippen LogP contribution is 2.21. The van der Waals surface area contributed by atoms with Crippen LogP contribution in [0.15, 0.2) is 79.6 Å². The summed E-state index contributed by atoms with van der Waals surface area (Å²) >= 11 is 0. The number of oxazole rings is 1. The SMILES string of the molecule is Cn1c(=O)oc2ccc(S(=O)(=O)NCc3ccc(-c4ccoc4)cc3)cc21. The molecule has 8 heteroatoms. The average Bonchev–Trinajstić information content (AvgIpc) is 3.29. The average molecular weight is 384 g/mol. The largest absolute Gasteiger partial charge is 0.472 e. The van der Waals surface area contributed by atoms with Crippen LogP contribution in [0.25, 0.3) is 22.2 Å². The van der Waals surface area contributed by atoms with Crippen molar-refractivity contribution >= 4 is 21.1 Å². The topological polar surface area (TPSA) is 94.5 Å². The Morgan fingerprint density at radius 1 is 1.04 bits per heavy atom. The molecule has 0 spiro atoms. The second-order valence-corrected chi connectivity index (χ2v) is 7.86. The summed E-state index contributed by atoms with van der Waals surface area (Å²) in [4.78, 5) is 11.6. The molecule has 4 rings (SSSR count). The van der Waals surface area contributed by atoms with Gasteiger partial charge in [-0.2, -0.15) is 0 Å². The molecule has 2 heterocycles. The quantitative estimate of drug-likeness (QED) is 0.571. The molecule has 0 atom stereocenters. The molecule has 0 bridgehead atoms. The molecule has 2 aromatic heterocycles. The Hall–Kier alpha value is -3.10. The lowest BCUT2D eigenvalue weighted by atomic mass is 10.1. The van der Waals surface area contributed by atoms with Crippen LogP contribution >= 0.6 is 0 Å². The number of sulfonamides is 1. The van der Waals surface area contributed by atoms with Crippen LogP contribution in [0.2, 0.25) is 0 Å². The Bertz CT molecular complexity index is 1250. The Morgan fingerprint density at radius 2 is 1.81 bits per heavy atom. The van der Waals surface area contributed by atoms with Gasteiger partial charge in [0.15, 0.2) is 5.58 Å².